The van der Waals surface area contributed by atoms with Gasteiger partial charge in [0, 0.05) is 6.54 Å². The fourth-order valence-corrected chi connectivity index (χ4v) is 1.80. The number of rotatable bonds is 3. The first-order valence-electron chi connectivity index (χ1n) is 5.83. The maximum absolute atomic E-state index is 13.4. The van der Waals surface area contributed by atoms with Crippen molar-refractivity contribution in [3.05, 3.63) is 65.0 Å². The number of alkyl halides is 3. The minimum Gasteiger partial charge on any atom is -0.378 e. The molecular weight excluding hydrogens is 296 g/mol. The lowest BCUT2D eigenvalue weighted by Crippen LogP contribution is -2.12. The molecule has 1 nitrogen and oxygen atoms in total. The molecule has 21 heavy (non-hydrogen) atoms. The second kappa shape index (κ2) is 5.67. The second-order valence-electron chi connectivity index (χ2n) is 4.23. The monoisotopic (exact) mass is 305 g/mol. The predicted molar refractivity (Wildman–Crippen MR) is 65.1 cm³/mol. The van der Waals surface area contributed by atoms with Crippen LogP contribution in [0.15, 0.2) is 36.4 Å². The zero-order chi connectivity index (χ0) is 15.6. The topological polar surface area (TPSA) is 12.0 Å². The number of halogens is 6. The summed E-state index contributed by atoms with van der Waals surface area (Å²) >= 11 is 0. The minimum absolute atomic E-state index is 0.130. The molecule has 0 atom stereocenters. The van der Waals surface area contributed by atoms with Crippen LogP contribution < -0.4 is 5.32 Å². The summed E-state index contributed by atoms with van der Waals surface area (Å²) in [7, 11) is 0. The van der Waals surface area contributed by atoms with Crippen LogP contribution in [0, 0.1) is 17.5 Å². The fraction of sp³-hybridized carbons (Fsp3) is 0.143. The lowest BCUT2D eigenvalue weighted by atomic mass is 10.1. The Hall–Kier alpha value is -2.18. The van der Waals surface area contributed by atoms with Gasteiger partial charge in [-0.15, -0.1) is 0 Å². The van der Waals surface area contributed by atoms with Crippen molar-refractivity contribution in [2.75, 3.05) is 5.32 Å². The molecule has 0 radical (unpaired) electrons. The summed E-state index contributed by atoms with van der Waals surface area (Å²) in [6.07, 6.45) is -4.55. The van der Waals surface area contributed by atoms with Gasteiger partial charge in [-0.25, -0.2) is 13.2 Å². The minimum atomic E-state index is -4.55. The Balaban J connectivity index is 2.24. The molecule has 7 heteroatoms. The van der Waals surface area contributed by atoms with E-state index in [9.17, 15) is 26.3 Å². The number of nitrogens with one attached hydrogen (secondary N) is 1. The molecule has 0 aliphatic rings. The van der Waals surface area contributed by atoms with Gasteiger partial charge in [0.2, 0.25) is 0 Å². The largest absolute Gasteiger partial charge is 0.416 e. The maximum atomic E-state index is 13.4. The zero-order valence-corrected chi connectivity index (χ0v) is 10.4. The highest BCUT2D eigenvalue weighted by Gasteiger charge is 2.32. The van der Waals surface area contributed by atoms with E-state index in [1.165, 1.54) is 18.2 Å². The summed E-state index contributed by atoms with van der Waals surface area (Å²) in [6.45, 7) is -0.377. The van der Waals surface area contributed by atoms with E-state index in [0.717, 1.165) is 12.1 Å². The summed E-state index contributed by atoms with van der Waals surface area (Å²) in [5.41, 5.74) is -1.42. The summed E-state index contributed by atoms with van der Waals surface area (Å²) in [5.74, 6) is -4.52. The number of anilines is 1. The summed E-state index contributed by atoms with van der Waals surface area (Å²) in [4.78, 5) is 0. The average Bonchev–Trinajstić information content (AvgIpc) is 2.43. The molecule has 0 aromatic heterocycles. The maximum Gasteiger partial charge on any atom is 0.416 e. The van der Waals surface area contributed by atoms with Gasteiger partial charge in [-0.05, 0) is 23.8 Å². The van der Waals surface area contributed by atoms with Crippen molar-refractivity contribution in [2.24, 2.45) is 0 Å². The van der Waals surface area contributed by atoms with E-state index >= 15 is 0 Å². The molecule has 0 saturated heterocycles. The first kappa shape index (κ1) is 15.2. The normalized spacial score (nSPS) is 11.5. The van der Waals surface area contributed by atoms with Crippen molar-refractivity contribution in [3.8, 4) is 0 Å². The van der Waals surface area contributed by atoms with Gasteiger partial charge in [0.15, 0.2) is 17.5 Å². The van der Waals surface area contributed by atoms with E-state index in [2.05, 4.69) is 5.32 Å². The Morgan fingerprint density at radius 3 is 2.19 bits per heavy atom. The van der Waals surface area contributed by atoms with E-state index in [0.29, 0.717) is 6.07 Å². The molecule has 0 fully saturated rings. The average molecular weight is 305 g/mol. The summed E-state index contributed by atoms with van der Waals surface area (Å²) in [6, 6.07) is 6.34. The smallest absolute Gasteiger partial charge is 0.378 e. The number of benzene rings is 2. The van der Waals surface area contributed by atoms with Gasteiger partial charge in [-0.1, -0.05) is 18.2 Å². The second-order valence-corrected chi connectivity index (χ2v) is 4.23. The van der Waals surface area contributed by atoms with Crippen LogP contribution >= 0.6 is 0 Å². The van der Waals surface area contributed by atoms with Crippen LogP contribution in [0.4, 0.5) is 32.0 Å². The van der Waals surface area contributed by atoms with Gasteiger partial charge in [-0.2, -0.15) is 13.2 Å². The van der Waals surface area contributed by atoms with Gasteiger partial charge in [-0.3, -0.25) is 0 Å². The van der Waals surface area contributed by atoms with Gasteiger partial charge in [0.05, 0.1) is 11.3 Å². The summed E-state index contributed by atoms with van der Waals surface area (Å²) in [5, 5.41) is 2.33. The Kier molecular flexibility index (Phi) is 4.11. The molecule has 0 unspecified atom stereocenters. The molecule has 0 bridgehead atoms. The summed E-state index contributed by atoms with van der Waals surface area (Å²) < 4.78 is 77.4. The lowest BCUT2D eigenvalue weighted by molar-refractivity contribution is -0.138. The van der Waals surface area contributed by atoms with Crippen molar-refractivity contribution in [1.29, 1.82) is 0 Å². The van der Waals surface area contributed by atoms with Crippen LogP contribution in [0.5, 0.6) is 0 Å². The van der Waals surface area contributed by atoms with Gasteiger partial charge in [0.1, 0.15) is 0 Å². The van der Waals surface area contributed by atoms with E-state index < -0.39 is 34.9 Å². The molecule has 2 aromatic carbocycles. The molecule has 0 heterocycles. The van der Waals surface area contributed by atoms with Crippen molar-refractivity contribution in [3.63, 3.8) is 0 Å². The molecule has 112 valence electrons. The highest BCUT2D eigenvalue weighted by atomic mass is 19.4. The van der Waals surface area contributed by atoms with Crippen molar-refractivity contribution >= 4 is 5.69 Å². The molecule has 2 rings (SSSR count). The van der Waals surface area contributed by atoms with Gasteiger partial charge in [0.25, 0.3) is 0 Å². The van der Waals surface area contributed by atoms with Crippen LogP contribution in [0.3, 0.4) is 0 Å². The standard InChI is InChI=1S/C14H9F6N/c15-10-5-6-11(13(17)12(10)16)21-7-8-3-1-2-4-9(8)14(18,19)20/h1-6,21H,7H2. The quantitative estimate of drug-likeness (QED) is 0.638. The zero-order valence-electron chi connectivity index (χ0n) is 10.4. The first-order valence-corrected chi connectivity index (χ1v) is 5.83. The highest BCUT2D eigenvalue weighted by molar-refractivity contribution is 5.46. The SMILES string of the molecule is Fc1ccc(NCc2ccccc2C(F)(F)F)c(F)c1F. The third-order valence-corrected chi connectivity index (χ3v) is 2.83. The van der Waals surface area contributed by atoms with E-state index in [4.69, 9.17) is 0 Å². The molecule has 2 aromatic rings. The molecule has 0 amide bonds. The Morgan fingerprint density at radius 1 is 0.857 bits per heavy atom. The van der Waals surface area contributed by atoms with Crippen LogP contribution in [-0.2, 0) is 12.7 Å². The fourth-order valence-electron chi connectivity index (χ4n) is 1.80. The Bertz CT molecular complexity index is 650. The molecule has 1 N–H and O–H groups in total. The van der Waals surface area contributed by atoms with Crippen molar-refractivity contribution < 1.29 is 26.3 Å². The highest BCUT2D eigenvalue weighted by Crippen LogP contribution is 2.32. The van der Waals surface area contributed by atoms with E-state index in [-0.39, 0.29) is 12.1 Å². The molecular formula is C14H9F6N. The molecule has 0 aliphatic carbocycles. The van der Waals surface area contributed by atoms with Crippen LogP contribution in [0.25, 0.3) is 0 Å². The molecule has 0 aliphatic heterocycles. The third kappa shape index (κ3) is 3.29. The van der Waals surface area contributed by atoms with E-state index in [1.807, 2.05) is 0 Å². The van der Waals surface area contributed by atoms with Crippen molar-refractivity contribution in [1.82, 2.24) is 0 Å². The number of hydrogen-bond acceptors (Lipinski definition) is 1. The van der Waals surface area contributed by atoms with Crippen LogP contribution in [0.1, 0.15) is 11.1 Å². The Labute approximate surface area is 116 Å². The van der Waals surface area contributed by atoms with Crippen molar-refractivity contribution in [2.45, 2.75) is 12.7 Å². The third-order valence-electron chi connectivity index (χ3n) is 2.83. The molecule has 0 saturated carbocycles. The van der Waals surface area contributed by atoms with Crippen LogP contribution in [-0.4, -0.2) is 0 Å². The molecule has 0 spiro atoms. The van der Waals surface area contributed by atoms with Gasteiger partial charge >= 0.3 is 6.18 Å². The Morgan fingerprint density at radius 2 is 1.52 bits per heavy atom. The van der Waals surface area contributed by atoms with Gasteiger partial charge < -0.3 is 5.32 Å². The van der Waals surface area contributed by atoms with E-state index in [1.54, 1.807) is 0 Å². The first-order chi connectivity index (χ1) is 9.80. The predicted octanol–water partition coefficient (Wildman–Crippen LogP) is 4.73. The van der Waals surface area contributed by atoms with Crippen LogP contribution in [0.2, 0.25) is 0 Å². The number of hydrogen-bond donors (Lipinski definition) is 1. The lowest BCUT2D eigenvalue weighted by Gasteiger charge is -2.14.